The highest BCUT2D eigenvalue weighted by atomic mass is 79.9. The van der Waals surface area contributed by atoms with Crippen molar-refractivity contribution in [2.75, 3.05) is 23.9 Å². The van der Waals surface area contributed by atoms with Gasteiger partial charge in [-0.1, -0.05) is 59.9 Å². The molecule has 0 atom stereocenters. The largest absolute Gasteiger partial charge is 0.493 e. The summed E-state index contributed by atoms with van der Waals surface area (Å²) in [5.74, 6) is 0.342. The van der Waals surface area contributed by atoms with E-state index in [2.05, 4.69) is 21.2 Å². The molecule has 0 bridgehead atoms. The lowest BCUT2D eigenvalue weighted by atomic mass is 10.1. The van der Waals surface area contributed by atoms with Crippen LogP contribution in [-0.4, -0.2) is 29.9 Å². The normalized spacial score (nSPS) is 14.3. The number of para-hydroxylation sites is 1. The van der Waals surface area contributed by atoms with Gasteiger partial charge in [-0.25, -0.2) is 0 Å². The number of anilines is 2. The maximum Gasteiger partial charge on any atom is 0.270 e. The molecule has 3 aromatic rings. The first-order chi connectivity index (χ1) is 17.3. The number of benzene rings is 3. The second-order valence-electron chi connectivity index (χ2n) is 8.04. The van der Waals surface area contributed by atoms with E-state index in [4.69, 9.17) is 21.7 Å². The average molecular weight is 584 g/mol. The summed E-state index contributed by atoms with van der Waals surface area (Å²) in [5.41, 5.74) is 4.25. The highest BCUT2D eigenvalue weighted by molar-refractivity contribution is 9.10. The van der Waals surface area contributed by atoms with Gasteiger partial charge < -0.3 is 14.8 Å². The van der Waals surface area contributed by atoms with Gasteiger partial charge in [0, 0.05) is 5.69 Å². The fraction of sp³-hybridized carbons (Fsp3) is 0.148. The zero-order valence-electron chi connectivity index (χ0n) is 19.8. The number of hydrogen-bond donors (Lipinski definition) is 1. The van der Waals surface area contributed by atoms with Gasteiger partial charge in [-0.3, -0.25) is 14.5 Å². The molecule has 1 aliphatic heterocycles. The lowest BCUT2D eigenvalue weighted by Crippen LogP contribution is -2.27. The van der Waals surface area contributed by atoms with Crippen LogP contribution in [-0.2, 0) is 9.59 Å². The number of nitrogens with one attached hydrogen (secondary N) is 1. The van der Waals surface area contributed by atoms with Gasteiger partial charge in [-0.2, -0.15) is 0 Å². The predicted octanol–water partition coefficient (Wildman–Crippen LogP) is 6.50. The minimum atomic E-state index is -0.290. The number of methoxy groups -OCH3 is 1. The molecule has 0 spiro atoms. The molecule has 1 fully saturated rings. The monoisotopic (exact) mass is 582 g/mol. The van der Waals surface area contributed by atoms with E-state index < -0.39 is 0 Å². The summed E-state index contributed by atoms with van der Waals surface area (Å²) >= 11 is 10.2. The van der Waals surface area contributed by atoms with Crippen molar-refractivity contribution in [3.63, 3.8) is 0 Å². The van der Waals surface area contributed by atoms with Gasteiger partial charge in [0.15, 0.2) is 22.4 Å². The molecule has 1 heterocycles. The Balaban J connectivity index is 1.50. The summed E-state index contributed by atoms with van der Waals surface area (Å²) in [6.07, 6.45) is 1.76. The summed E-state index contributed by atoms with van der Waals surface area (Å²) in [6.45, 7) is 3.71. The first-order valence-electron chi connectivity index (χ1n) is 11.0. The van der Waals surface area contributed by atoms with Gasteiger partial charge in [0.05, 0.1) is 22.2 Å². The van der Waals surface area contributed by atoms with Crippen molar-refractivity contribution in [1.82, 2.24) is 0 Å². The van der Waals surface area contributed by atoms with Crippen LogP contribution in [0.25, 0.3) is 6.08 Å². The van der Waals surface area contributed by atoms with Crippen molar-refractivity contribution >= 4 is 73.5 Å². The summed E-state index contributed by atoms with van der Waals surface area (Å²) in [4.78, 5) is 27.6. The van der Waals surface area contributed by atoms with Crippen molar-refractivity contribution in [2.24, 2.45) is 0 Å². The summed E-state index contributed by atoms with van der Waals surface area (Å²) in [6, 6.07) is 18.7. The number of amides is 2. The van der Waals surface area contributed by atoms with E-state index in [1.807, 2.05) is 62.4 Å². The Kier molecular flexibility index (Phi) is 8.13. The molecular weight excluding hydrogens is 560 g/mol. The topological polar surface area (TPSA) is 67.9 Å². The SMILES string of the molecule is COc1cc(/C=C2\SC(=S)N(c3ccc(C)cc3)C2=O)cc(Br)c1OCC(=O)Nc1ccccc1C. The first kappa shape index (κ1) is 25.9. The molecule has 6 nitrogen and oxygen atoms in total. The quantitative estimate of drug-likeness (QED) is 0.253. The molecule has 0 saturated carbocycles. The molecule has 0 aliphatic carbocycles. The third-order valence-electron chi connectivity index (χ3n) is 5.40. The van der Waals surface area contributed by atoms with E-state index in [1.165, 1.54) is 23.8 Å². The third kappa shape index (κ3) is 5.80. The number of carbonyl (C=O) groups excluding carboxylic acids is 2. The fourth-order valence-corrected chi connectivity index (χ4v) is 5.41. The van der Waals surface area contributed by atoms with E-state index in [1.54, 1.807) is 18.2 Å². The molecule has 1 aliphatic rings. The predicted molar refractivity (Wildman–Crippen MR) is 153 cm³/mol. The van der Waals surface area contributed by atoms with Gasteiger partial charge in [0.1, 0.15) is 0 Å². The summed E-state index contributed by atoms with van der Waals surface area (Å²) < 4.78 is 12.3. The van der Waals surface area contributed by atoms with Crippen LogP contribution in [0.3, 0.4) is 0 Å². The average Bonchev–Trinajstić information content (AvgIpc) is 3.12. The van der Waals surface area contributed by atoms with Gasteiger partial charge >= 0.3 is 0 Å². The lowest BCUT2D eigenvalue weighted by Gasteiger charge is -2.15. The Morgan fingerprint density at radius 2 is 1.86 bits per heavy atom. The molecule has 1 saturated heterocycles. The first-order valence-corrected chi connectivity index (χ1v) is 13.0. The Morgan fingerprint density at radius 1 is 1.14 bits per heavy atom. The highest BCUT2D eigenvalue weighted by Crippen LogP contribution is 2.40. The van der Waals surface area contributed by atoms with Crippen molar-refractivity contribution in [3.05, 3.63) is 86.7 Å². The fourth-order valence-electron chi connectivity index (χ4n) is 3.54. The van der Waals surface area contributed by atoms with Crippen molar-refractivity contribution in [2.45, 2.75) is 13.8 Å². The number of aryl methyl sites for hydroxylation is 2. The van der Waals surface area contributed by atoms with E-state index in [0.717, 1.165) is 28.1 Å². The summed E-state index contributed by atoms with van der Waals surface area (Å²) in [7, 11) is 1.52. The van der Waals surface area contributed by atoms with E-state index in [9.17, 15) is 9.59 Å². The van der Waals surface area contributed by atoms with Crippen molar-refractivity contribution in [1.29, 1.82) is 0 Å². The standard InChI is InChI=1S/C27H23BrN2O4S2/c1-16-8-10-19(11-9-16)30-26(32)23(36-27(30)35)14-18-12-20(28)25(22(13-18)33-3)34-15-24(31)29-21-7-5-4-6-17(21)2/h4-14H,15H2,1-3H3,(H,29,31)/b23-14-. The van der Waals surface area contributed by atoms with Crippen LogP contribution in [0.15, 0.2) is 70.0 Å². The van der Waals surface area contributed by atoms with Crippen LogP contribution in [0.1, 0.15) is 16.7 Å². The van der Waals surface area contributed by atoms with Crippen LogP contribution >= 0.6 is 39.9 Å². The number of ether oxygens (including phenoxy) is 2. The Bertz CT molecular complexity index is 1370. The van der Waals surface area contributed by atoms with Crippen LogP contribution in [0.2, 0.25) is 0 Å². The van der Waals surface area contributed by atoms with E-state index >= 15 is 0 Å². The molecular formula is C27H23BrN2O4S2. The maximum absolute atomic E-state index is 13.1. The second-order valence-corrected chi connectivity index (χ2v) is 10.6. The summed E-state index contributed by atoms with van der Waals surface area (Å²) in [5, 5.41) is 2.84. The molecule has 184 valence electrons. The number of nitrogens with zero attached hydrogens (tertiary/aromatic N) is 1. The van der Waals surface area contributed by atoms with E-state index in [0.29, 0.717) is 25.2 Å². The third-order valence-corrected chi connectivity index (χ3v) is 7.29. The van der Waals surface area contributed by atoms with Crippen LogP contribution in [0.5, 0.6) is 11.5 Å². The van der Waals surface area contributed by atoms with Crippen LogP contribution < -0.4 is 19.7 Å². The van der Waals surface area contributed by atoms with Gasteiger partial charge in [0.2, 0.25) is 0 Å². The number of rotatable bonds is 7. The van der Waals surface area contributed by atoms with Crippen LogP contribution in [0, 0.1) is 13.8 Å². The molecule has 0 aromatic heterocycles. The van der Waals surface area contributed by atoms with E-state index in [-0.39, 0.29) is 18.4 Å². The van der Waals surface area contributed by atoms with Gasteiger partial charge in [0.25, 0.3) is 11.8 Å². The molecule has 0 radical (unpaired) electrons. The number of thioether (sulfide) groups is 1. The minimum Gasteiger partial charge on any atom is -0.493 e. The maximum atomic E-state index is 13.1. The number of hydrogen-bond acceptors (Lipinski definition) is 6. The van der Waals surface area contributed by atoms with Crippen molar-refractivity contribution in [3.8, 4) is 11.5 Å². The molecule has 36 heavy (non-hydrogen) atoms. The Labute approximate surface area is 227 Å². The molecule has 3 aromatic carbocycles. The number of halogens is 1. The molecule has 2 amide bonds. The zero-order valence-corrected chi connectivity index (χ0v) is 23.1. The number of carbonyl (C=O) groups is 2. The van der Waals surface area contributed by atoms with Gasteiger partial charge in [-0.15, -0.1) is 0 Å². The molecule has 1 N–H and O–H groups in total. The molecule has 9 heteroatoms. The Hall–Kier alpha value is -3.14. The zero-order chi connectivity index (χ0) is 25.8. The minimum absolute atomic E-state index is 0.183. The number of thiocarbonyl (C=S) groups is 1. The molecule has 4 rings (SSSR count). The molecule has 0 unspecified atom stereocenters. The second kappa shape index (κ2) is 11.3. The highest BCUT2D eigenvalue weighted by Gasteiger charge is 2.33. The van der Waals surface area contributed by atoms with Crippen LogP contribution in [0.4, 0.5) is 11.4 Å². The smallest absolute Gasteiger partial charge is 0.270 e. The van der Waals surface area contributed by atoms with Crippen molar-refractivity contribution < 1.29 is 19.1 Å². The lowest BCUT2D eigenvalue weighted by molar-refractivity contribution is -0.118. The van der Waals surface area contributed by atoms with Gasteiger partial charge in [-0.05, 0) is 77.3 Å². The Morgan fingerprint density at radius 3 is 2.56 bits per heavy atom.